The van der Waals surface area contributed by atoms with Crippen molar-refractivity contribution in [2.24, 2.45) is 0 Å². The molecule has 6 nitrogen and oxygen atoms in total. The van der Waals surface area contributed by atoms with Crippen LogP contribution in [0.3, 0.4) is 0 Å². The molecule has 0 saturated carbocycles. The van der Waals surface area contributed by atoms with E-state index in [0.717, 1.165) is 0 Å². The van der Waals surface area contributed by atoms with Gasteiger partial charge in [0, 0.05) is 0 Å². The molecule has 1 aliphatic rings. The summed E-state index contributed by atoms with van der Waals surface area (Å²) in [5.74, 6) is 0.366. The summed E-state index contributed by atoms with van der Waals surface area (Å²) < 4.78 is 11.7. The number of aromatic hydroxyl groups is 1. The van der Waals surface area contributed by atoms with Gasteiger partial charge in [0.2, 0.25) is 0 Å². The van der Waals surface area contributed by atoms with Gasteiger partial charge in [-0.25, -0.2) is 9.97 Å². The van der Waals surface area contributed by atoms with Crippen molar-refractivity contribution < 1.29 is 19.5 Å². The Labute approximate surface area is 118 Å². The van der Waals surface area contributed by atoms with E-state index < -0.39 is 18.3 Å². The monoisotopic (exact) mass is 278 g/mol. The van der Waals surface area contributed by atoms with Crippen LogP contribution in [-0.2, 0) is 9.31 Å². The second kappa shape index (κ2) is 5.16. The van der Waals surface area contributed by atoms with Gasteiger partial charge in [0.05, 0.1) is 30.2 Å². The maximum atomic E-state index is 9.51. The standard InChI is InChI=1S/C13H19BN2O4/c1-12(2)13(3,4)20-14(19-12)9(8-17)5-11-15-6-10(18)7-16-11/h5-7,17-18H,8H2,1-4H3. The van der Waals surface area contributed by atoms with Crippen LogP contribution in [0.1, 0.15) is 33.5 Å². The quantitative estimate of drug-likeness (QED) is 0.808. The molecule has 7 heteroatoms. The summed E-state index contributed by atoms with van der Waals surface area (Å²) >= 11 is 0. The molecular weight excluding hydrogens is 259 g/mol. The van der Waals surface area contributed by atoms with E-state index in [2.05, 4.69) is 9.97 Å². The number of rotatable bonds is 3. The molecule has 108 valence electrons. The lowest BCUT2D eigenvalue weighted by molar-refractivity contribution is 0.00578. The van der Waals surface area contributed by atoms with Gasteiger partial charge in [0.1, 0.15) is 0 Å². The Morgan fingerprint density at radius 2 is 1.70 bits per heavy atom. The lowest BCUT2D eigenvalue weighted by atomic mass is 9.78. The van der Waals surface area contributed by atoms with Crippen LogP contribution in [0.4, 0.5) is 0 Å². The molecule has 1 fully saturated rings. The van der Waals surface area contributed by atoms with Gasteiger partial charge in [-0.15, -0.1) is 0 Å². The molecule has 2 rings (SSSR count). The van der Waals surface area contributed by atoms with Crippen molar-refractivity contribution in [1.82, 2.24) is 9.97 Å². The number of hydrogen-bond acceptors (Lipinski definition) is 6. The molecule has 1 aromatic heterocycles. The molecule has 0 aliphatic carbocycles. The summed E-state index contributed by atoms with van der Waals surface area (Å²) in [6, 6.07) is 0. The second-order valence-electron chi connectivity index (χ2n) is 5.77. The number of hydrogen-bond donors (Lipinski definition) is 2. The molecule has 1 saturated heterocycles. The predicted octanol–water partition coefficient (Wildman–Crippen LogP) is 1.19. The van der Waals surface area contributed by atoms with Gasteiger partial charge >= 0.3 is 7.12 Å². The van der Waals surface area contributed by atoms with Crippen LogP contribution in [-0.4, -0.2) is 45.1 Å². The van der Waals surface area contributed by atoms with Crippen molar-refractivity contribution >= 4 is 13.2 Å². The molecule has 0 atom stereocenters. The number of aliphatic hydroxyl groups excluding tert-OH is 1. The Morgan fingerprint density at radius 1 is 1.20 bits per heavy atom. The van der Waals surface area contributed by atoms with E-state index in [-0.39, 0.29) is 12.4 Å². The first-order valence-electron chi connectivity index (χ1n) is 6.43. The normalized spacial score (nSPS) is 21.2. The first-order valence-corrected chi connectivity index (χ1v) is 6.43. The smallest absolute Gasteiger partial charge is 0.493 e. The zero-order valence-electron chi connectivity index (χ0n) is 12.1. The third-order valence-corrected chi connectivity index (χ3v) is 3.71. The Balaban J connectivity index is 2.24. The van der Waals surface area contributed by atoms with Gasteiger partial charge in [-0.3, -0.25) is 0 Å². The van der Waals surface area contributed by atoms with Gasteiger partial charge in [0.15, 0.2) is 11.6 Å². The maximum absolute atomic E-state index is 9.51. The molecule has 20 heavy (non-hydrogen) atoms. The van der Waals surface area contributed by atoms with Crippen LogP contribution in [0.15, 0.2) is 17.9 Å². The van der Waals surface area contributed by atoms with Crippen LogP contribution in [0.25, 0.3) is 6.08 Å². The van der Waals surface area contributed by atoms with Gasteiger partial charge in [-0.2, -0.15) is 0 Å². The first kappa shape index (κ1) is 15.0. The predicted molar refractivity (Wildman–Crippen MR) is 74.8 cm³/mol. The van der Waals surface area contributed by atoms with Gasteiger partial charge in [-0.05, 0) is 39.2 Å². The van der Waals surface area contributed by atoms with Crippen molar-refractivity contribution in [3.05, 3.63) is 23.7 Å². The third-order valence-electron chi connectivity index (χ3n) is 3.71. The summed E-state index contributed by atoms with van der Waals surface area (Å²) in [5.41, 5.74) is -0.405. The number of aliphatic hydroxyl groups is 1. The fourth-order valence-electron chi connectivity index (χ4n) is 1.75. The summed E-state index contributed by atoms with van der Waals surface area (Å²) in [6.45, 7) is 7.55. The summed E-state index contributed by atoms with van der Waals surface area (Å²) in [7, 11) is -0.637. The molecule has 0 unspecified atom stereocenters. The van der Waals surface area contributed by atoms with E-state index in [1.54, 1.807) is 6.08 Å². The highest BCUT2D eigenvalue weighted by atomic mass is 16.7. The lowest BCUT2D eigenvalue weighted by Crippen LogP contribution is -2.41. The molecule has 2 heterocycles. The highest BCUT2D eigenvalue weighted by Gasteiger charge is 2.52. The van der Waals surface area contributed by atoms with E-state index >= 15 is 0 Å². The van der Waals surface area contributed by atoms with Crippen molar-refractivity contribution in [2.45, 2.75) is 38.9 Å². The molecular formula is C13H19BN2O4. The number of nitrogens with zero attached hydrogens (tertiary/aromatic N) is 2. The molecule has 1 aliphatic heterocycles. The largest absolute Gasteiger partial charge is 0.505 e. The van der Waals surface area contributed by atoms with Crippen molar-refractivity contribution in [3.8, 4) is 5.75 Å². The average molecular weight is 278 g/mol. The van der Waals surface area contributed by atoms with Crippen molar-refractivity contribution in [2.75, 3.05) is 6.61 Å². The molecule has 0 bridgehead atoms. The topological polar surface area (TPSA) is 84.7 Å². The van der Waals surface area contributed by atoms with Crippen LogP contribution >= 0.6 is 0 Å². The fraction of sp³-hybridized carbons (Fsp3) is 0.538. The molecule has 0 aromatic carbocycles. The fourth-order valence-corrected chi connectivity index (χ4v) is 1.75. The molecule has 1 aromatic rings. The Morgan fingerprint density at radius 3 is 2.15 bits per heavy atom. The minimum atomic E-state index is -0.637. The lowest BCUT2D eigenvalue weighted by Gasteiger charge is -2.32. The summed E-state index contributed by atoms with van der Waals surface area (Å²) in [5, 5.41) is 18.7. The maximum Gasteiger partial charge on any atom is 0.493 e. The van der Waals surface area contributed by atoms with Crippen LogP contribution < -0.4 is 0 Å². The van der Waals surface area contributed by atoms with E-state index in [1.165, 1.54) is 12.4 Å². The third kappa shape index (κ3) is 2.84. The SMILES string of the molecule is CC1(C)OB(C(=Cc2ncc(O)cn2)CO)OC1(C)C. The zero-order valence-corrected chi connectivity index (χ0v) is 12.1. The summed E-state index contributed by atoms with van der Waals surface area (Å²) in [6.07, 6.45) is 4.18. The van der Waals surface area contributed by atoms with Crippen LogP contribution in [0, 0.1) is 0 Å². The molecule has 0 radical (unpaired) electrons. The summed E-state index contributed by atoms with van der Waals surface area (Å²) in [4.78, 5) is 7.90. The van der Waals surface area contributed by atoms with Crippen LogP contribution in [0.2, 0.25) is 0 Å². The average Bonchev–Trinajstić information content (AvgIpc) is 2.57. The molecule has 2 N–H and O–H groups in total. The van der Waals surface area contributed by atoms with Crippen LogP contribution in [0.5, 0.6) is 5.75 Å². The van der Waals surface area contributed by atoms with Gasteiger partial charge < -0.3 is 19.5 Å². The second-order valence-corrected chi connectivity index (χ2v) is 5.77. The van der Waals surface area contributed by atoms with E-state index in [9.17, 15) is 5.11 Å². The highest BCUT2D eigenvalue weighted by Crippen LogP contribution is 2.38. The molecule has 0 spiro atoms. The Hall–Kier alpha value is -1.44. The van der Waals surface area contributed by atoms with E-state index in [4.69, 9.17) is 14.4 Å². The van der Waals surface area contributed by atoms with E-state index in [0.29, 0.717) is 11.3 Å². The van der Waals surface area contributed by atoms with Crippen molar-refractivity contribution in [1.29, 1.82) is 0 Å². The van der Waals surface area contributed by atoms with Gasteiger partial charge in [0.25, 0.3) is 0 Å². The number of aromatic nitrogens is 2. The Bertz CT molecular complexity index is 498. The zero-order chi connectivity index (χ0) is 15.0. The van der Waals surface area contributed by atoms with Gasteiger partial charge in [-0.1, -0.05) is 0 Å². The minimum absolute atomic E-state index is 0.0108. The Kier molecular flexibility index (Phi) is 3.86. The molecule has 0 amide bonds. The minimum Gasteiger partial charge on any atom is -0.505 e. The van der Waals surface area contributed by atoms with Crippen molar-refractivity contribution in [3.63, 3.8) is 0 Å². The first-order chi connectivity index (χ1) is 9.25. The highest BCUT2D eigenvalue weighted by molar-refractivity contribution is 6.55. The van der Waals surface area contributed by atoms with E-state index in [1.807, 2.05) is 27.7 Å².